The predicted octanol–water partition coefficient (Wildman–Crippen LogP) is 2.53. The largest absolute Gasteiger partial charge is 0.330 e. The first-order chi connectivity index (χ1) is 9.01. The van der Waals surface area contributed by atoms with Crippen LogP contribution in [0.2, 0.25) is 0 Å². The van der Waals surface area contributed by atoms with E-state index in [0.717, 1.165) is 23.0 Å². The fourth-order valence-corrected chi connectivity index (χ4v) is 3.02. The molecule has 0 bridgehead atoms. The first kappa shape index (κ1) is 14.4. The highest BCUT2D eigenvalue weighted by Gasteiger charge is 2.29. The van der Waals surface area contributed by atoms with Gasteiger partial charge in [-0.05, 0) is 37.9 Å². The summed E-state index contributed by atoms with van der Waals surface area (Å²) in [5.74, 6) is 0.504. The number of nitrogens with zero attached hydrogens (tertiary/aromatic N) is 2. The molecule has 0 aliphatic carbocycles. The summed E-state index contributed by atoms with van der Waals surface area (Å²) in [6, 6.07) is 5.67. The van der Waals surface area contributed by atoms with E-state index >= 15 is 0 Å². The van der Waals surface area contributed by atoms with E-state index < -0.39 is 0 Å². The van der Waals surface area contributed by atoms with E-state index in [-0.39, 0.29) is 10.6 Å². The molecule has 0 aromatic heterocycles. The van der Waals surface area contributed by atoms with Crippen molar-refractivity contribution in [2.45, 2.75) is 25.9 Å². The molecule has 1 fully saturated rings. The van der Waals surface area contributed by atoms with Crippen molar-refractivity contribution in [1.82, 2.24) is 4.90 Å². The summed E-state index contributed by atoms with van der Waals surface area (Å²) in [6.45, 7) is 4.37. The predicted molar refractivity (Wildman–Crippen MR) is 77.8 cm³/mol. The van der Waals surface area contributed by atoms with Crippen molar-refractivity contribution in [3.8, 4) is 0 Å². The normalized spacial score (nSPS) is 23.7. The van der Waals surface area contributed by atoms with Crippen LogP contribution in [0.3, 0.4) is 0 Å². The number of nitro groups is 1. The number of hydrogen-bond donors (Lipinski definition) is 1. The third-order valence-electron chi connectivity index (χ3n) is 3.74. The fourth-order valence-electron chi connectivity index (χ4n) is 2.67. The third kappa shape index (κ3) is 3.32. The summed E-state index contributed by atoms with van der Waals surface area (Å²) in [6.07, 6.45) is 1.07. The van der Waals surface area contributed by atoms with Crippen LogP contribution in [0, 0.1) is 16.0 Å². The van der Waals surface area contributed by atoms with Gasteiger partial charge in [-0.1, -0.05) is 15.9 Å². The molecule has 1 aromatic rings. The summed E-state index contributed by atoms with van der Waals surface area (Å²) >= 11 is 3.28. The molecule has 2 atom stereocenters. The van der Waals surface area contributed by atoms with E-state index in [9.17, 15) is 10.1 Å². The van der Waals surface area contributed by atoms with Crippen molar-refractivity contribution < 1.29 is 4.92 Å². The second-order valence-electron chi connectivity index (χ2n) is 5.15. The number of nitro benzene ring substituents is 1. The minimum absolute atomic E-state index is 0.178. The van der Waals surface area contributed by atoms with Crippen LogP contribution in [0.4, 0.5) is 5.69 Å². The van der Waals surface area contributed by atoms with Gasteiger partial charge in [-0.15, -0.1) is 0 Å². The lowest BCUT2D eigenvalue weighted by Crippen LogP contribution is -2.27. The molecule has 0 radical (unpaired) electrons. The summed E-state index contributed by atoms with van der Waals surface area (Å²) in [5.41, 5.74) is 6.65. The Labute approximate surface area is 121 Å². The van der Waals surface area contributed by atoms with E-state index in [1.807, 2.05) is 12.1 Å². The van der Waals surface area contributed by atoms with Crippen molar-refractivity contribution in [3.63, 3.8) is 0 Å². The molecule has 19 heavy (non-hydrogen) atoms. The lowest BCUT2D eigenvalue weighted by Gasteiger charge is -2.21. The third-order valence-corrected chi connectivity index (χ3v) is 4.23. The van der Waals surface area contributed by atoms with Gasteiger partial charge in [0.25, 0.3) is 5.69 Å². The molecule has 0 amide bonds. The van der Waals surface area contributed by atoms with Gasteiger partial charge in [-0.25, -0.2) is 0 Å². The van der Waals surface area contributed by atoms with E-state index in [4.69, 9.17) is 5.73 Å². The Hall–Kier alpha value is -0.980. The molecule has 1 aliphatic rings. The van der Waals surface area contributed by atoms with Crippen LogP contribution in [0.15, 0.2) is 22.7 Å². The number of halogens is 1. The quantitative estimate of drug-likeness (QED) is 0.681. The molecule has 1 aliphatic heterocycles. The summed E-state index contributed by atoms with van der Waals surface area (Å²) < 4.78 is 0.734. The monoisotopic (exact) mass is 327 g/mol. The smallest absolute Gasteiger partial charge is 0.275 e. The van der Waals surface area contributed by atoms with Gasteiger partial charge in [-0.2, -0.15) is 0 Å². The summed E-state index contributed by atoms with van der Waals surface area (Å²) in [4.78, 5) is 13.0. The SMILES string of the molecule is CC1CC(CN)CN1Cc1ccc(Br)cc1[N+](=O)[O-]. The van der Waals surface area contributed by atoms with Crippen LogP contribution in [0.1, 0.15) is 18.9 Å². The first-order valence-corrected chi connectivity index (χ1v) is 7.17. The van der Waals surface area contributed by atoms with Crippen molar-refractivity contribution >= 4 is 21.6 Å². The van der Waals surface area contributed by atoms with Crippen LogP contribution >= 0.6 is 15.9 Å². The highest BCUT2D eigenvalue weighted by atomic mass is 79.9. The number of nitrogens with two attached hydrogens (primary N) is 1. The average Bonchev–Trinajstić information content (AvgIpc) is 2.72. The van der Waals surface area contributed by atoms with E-state index in [0.29, 0.717) is 25.0 Å². The average molecular weight is 328 g/mol. The van der Waals surface area contributed by atoms with Gasteiger partial charge in [0.2, 0.25) is 0 Å². The summed E-state index contributed by atoms with van der Waals surface area (Å²) in [5, 5.41) is 11.1. The standard InChI is InChI=1S/C13H18BrN3O2/c1-9-4-10(6-15)7-16(9)8-11-2-3-12(14)5-13(11)17(18)19/h2-3,5,9-10H,4,6-8,15H2,1H3. The lowest BCUT2D eigenvalue weighted by atomic mass is 10.1. The molecule has 6 heteroatoms. The fraction of sp³-hybridized carbons (Fsp3) is 0.538. The van der Waals surface area contributed by atoms with Crippen molar-refractivity contribution in [1.29, 1.82) is 0 Å². The Morgan fingerprint density at radius 1 is 1.58 bits per heavy atom. The van der Waals surface area contributed by atoms with E-state index in [1.54, 1.807) is 6.07 Å². The molecule has 1 aromatic carbocycles. The van der Waals surface area contributed by atoms with Gasteiger partial charge in [0.1, 0.15) is 0 Å². The van der Waals surface area contributed by atoms with Crippen LogP contribution < -0.4 is 5.73 Å². The molecular weight excluding hydrogens is 310 g/mol. The Kier molecular flexibility index (Phi) is 4.54. The van der Waals surface area contributed by atoms with Crippen LogP contribution in [0.5, 0.6) is 0 Å². The highest BCUT2D eigenvalue weighted by Crippen LogP contribution is 2.29. The molecule has 1 saturated heterocycles. The second-order valence-corrected chi connectivity index (χ2v) is 6.06. The molecule has 2 rings (SSSR count). The van der Waals surface area contributed by atoms with Crippen molar-refractivity contribution in [2.75, 3.05) is 13.1 Å². The van der Waals surface area contributed by atoms with Crippen LogP contribution in [-0.2, 0) is 6.54 Å². The molecule has 0 saturated carbocycles. The van der Waals surface area contributed by atoms with Crippen molar-refractivity contribution in [2.24, 2.45) is 11.7 Å². The molecular formula is C13H18BrN3O2. The number of hydrogen-bond acceptors (Lipinski definition) is 4. The molecule has 2 N–H and O–H groups in total. The van der Waals surface area contributed by atoms with E-state index in [2.05, 4.69) is 27.8 Å². The van der Waals surface area contributed by atoms with Gasteiger partial charge >= 0.3 is 0 Å². The molecule has 104 valence electrons. The van der Waals surface area contributed by atoms with Crippen LogP contribution in [0.25, 0.3) is 0 Å². The Morgan fingerprint density at radius 3 is 2.89 bits per heavy atom. The molecule has 5 nitrogen and oxygen atoms in total. The minimum atomic E-state index is -0.318. The Bertz CT molecular complexity index is 481. The van der Waals surface area contributed by atoms with Gasteiger partial charge in [0.05, 0.1) is 4.92 Å². The van der Waals surface area contributed by atoms with E-state index in [1.165, 1.54) is 0 Å². The maximum atomic E-state index is 11.1. The van der Waals surface area contributed by atoms with Gasteiger partial charge < -0.3 is 5.73 Å². The number of likely N-dealkylation sites (tertiary alicyclic amines) is 1. The zero-order valence-electron chi connectivity index (χ0n) is 10.9. The summed E-state index contributed by atoms with van der Waals surface area (Å²) in [7, 11) is 0. The zero-order valence-corrected chi connectivity index (χ0v) is 12.5. The highest BCUT2D eigenvalue weighted by molar-refractivity contribution is 9.10. The molecule has 2 unspecified atom stereocenters. The van der Waals surface area contributed by atoms with Crippen molar-refractivity contribution in [3.05, 3.63) is 38.3 Å². The topological polar surface area (TPSA) is 72.4 Å². The first-order valence-electron chi connectivity index (χ1n) is 6.38. The maximum Gasteiger partial charge on any atom is 0.275 e. The van der Waals surface area contributed by atoms with Gasteiger partial charge in [0.15, 0.2) is 0 Å². The second kappa shape index (κ2) is 5.98. The van der Waals surface area contributed by atoms with Gasteiger partial charge in [0, 0.05) is 35.2 Å². The zero-order chi connectivity index (χ0) is 14.0. The Balaban J connectivity index is 2.17. The van der Waals surface area contributed by atoms with Gasteiger partial charge in [-0.3, -0.25) is 15.0 Å². The number of benzene rings is 1. The lowest BCUT2D eigenvalue weighted by molar-refractivity contribution is -0.385. The number of rotatable bonds is 4. The molecule has 0 spiro atoms. The minimum Gasteiger partial charge on any atom is -0.330 e. The molecule has 1 heterocycles. The maximum absolute atomic E-state index is 11.1. The van der Waals surface area contributed by atoms with Crippen LogP contribution in [-0.4, -0.2) is 29.0 Å². The Morgan fingerprint density at radius 2 is 2.32 bits per heavy atom.